The molecule has 1 amide bonds. The van der Waals surface area contributed by atoms with Crippen molar-refractivity contribution in [2.24, 2.45) is 11.3 Å². The molecular formula is C18H25ClN2O3. The summed E-state index contributed by atoms with van der Waals surface area (Å²) in [5.74, 6) is -0.528. The average Bonchev–Trinajstić information content (AvgIpc) is 3.03. The van der Waals surface area contributed by atoms with Gasteiger partial charge in [0.1, 0.15) is 0 Å². The van der Waals surface area contributed by atoms with Gasteiger partial charge in [-0.1, -0.05) is 36.2 Å². The first kappa shape index (κ1) is 18.7. The molecule has 0 radical (unpaired) electrons. The standard InChI is InChI=1S/C18H24N2O3.ClH/c1-13-4-2-5-14(8-13)9-19-16(21)11-20-10-15-6-3-7-18(15,12-20)17(22)23;/h2,4-5,8,15H,3,6-7,9-12H2,1H3,(H,19,21)(H,22,23);1H/t15-,18+;/m0./s1. The Labute approximate surface area is 148 Å². The van der Waals surface area contributed by atoms with Crippen LogP contribution in [0.5, 0.6) is 0 Å². The number of hydrogen-bond donors (Lipinski definition) is 2. The number of nitrogens with zero attached hydrogens (tertiary/aromatic N) is 1. The fraction of sp³-hybridized carbons (Fsp3) is 0.556. The maximum absolute atomic E-state index is 12.2. The number of carboxylic acids is 1. The first-order chi connectivity index (χ1) is 11.0. The van der Waals surface area contributed by atoms with E-state index in [1.54, 1.807) is 0 Å². The van der Waals surface area contributed by atoms with E-state index in [-0.39, 0.29) is 30.8 Å². The van der Waals surface area contributed by atoms with Crippen LogP contribution in [-0.4, -0.2) is 41.5 Å². The number of nitrogens with one attached hydrogen (secondary N) is 1. The molecule has 2 N–H and O–H groups in total. The number of carboxylic acid groups (broad SMARTS) is 1. The molecule has 2 atom stereocenters. The van der Waals surface area contributed by atoms with Crippen molar-refractivity contribution in [2.75, 3.05) is 19.6 Å². The Morgan fingerprint density at radius 3 is 2.88 bits per heavy atom. The van der Waals surface area contributed by atoms with Gasteiger partial charge in [0.05, 0.1) is 12.0 Å². The first-order valence-corrected chi connectivity index (χ1v) is 8.27. The van der Waals surface area contributed by atoms with E-state index in [4.69, 9.17) is 0 Å². The number of amides is 1. The molecule has 5 nitrogen and oxygen atoms in total. The third kappa shape index (κ3) is 3.73. The van der Waals surface area contributed by atoms with E-state index in [0.717, 1.165) is 31.4 Å². The lowest BCUT2D eigenvalue weighted by Crippen LogP contribution is -2.39. The van der Waals surface area contributed by atoms with Crippen LogP contribution in [0.15, 0.2) is 24.3 Å². The highest BCUT2D eigenvalue weighted by atomic mass is 35.5. The van der Waals surface area contributed by atoms with Crippen molar-refractivity contribution < 1.29 is 14.7 Å². The van der Waals surface area contributed by atoms with Crippen molar-refractivity contribution in [1.82, 2.24) is 10.2 Å². The zero-order valence-electron chi connectivity index (χ0n) is 14.0. The van der Waals surface area contributed by atoms with Crippen molar-refractivity contribution in [3.05, 3.63) is 35.4 Å². The Bertz CT molecular complexity index is 622. The number of rotatable bonds is 5. The molecule has 3 rings (SSSR count). The Morgan fingerprint density at radius 1 is 1.42 bits per heavy atom. The number of aliphatic carboxylic acids is 1. The molecule has 132 valence electrons. The predicted octanol–water partition coefficient (Wildman–Crippen LogP) is 2.22. The predicted molar refractivity (Wildman–Crippen MR) is 94.1 cm³/mol. The minimum Gasteiger partial charge on any atom is -0.481 e. The highest BCUT2D eigenvalue weighted by Gasteiger charge is 2.54. The van der Waals surface area contributed by atoms with Crippen LogP contribution < -0.4 is 5.32 Å². The molecule has 1 aliphatic carbocycles. The smallest absolute Gasteiger partial charge is 0.311 e. The number of carbonyl (C=O) groups excluding carboxylic acids is 1. The molecule has 2 fully saturated rings. The van der Waals surface area contributed by atoms with E-state index >= 15 is 0 Å². The Hall–Kier alpha value is -1.59. The Balaban J connectivity index is 0.00000208. The number of benzene rings is 1. The molecule has 1 saturated carbocycles. The highest BCUT2D eigenvalue weighted by molar-refractivity contribution is 5.85. The van der Waals surface area contributed by atoms with E-state index in [2.05, 4.69) is 11.4 Å². The molecule has 1 aliphatic heterocycles. The number of likely N-dealkylation sites (tertiary alicyclic amines) is 1. The lowest BCUT2D eigenvalue weighted by Gasteiger charge is -2.23. The van der Waals surface area contributed by atoms with Crippen molar-refractivity contribution in [1.29, 1.82) is 0 Å². The van der Waals surface area contributed by atoms with Gasteiger partial charge in [-0.25, -0.2) is 0 Å². The van der Waals surface area contributed by atoms with E-state index in [0.29, 0.717) is 13.1 Å². The van der Waals surface area contributed by atoms with Crippen LogP contribution in [0, 0.1) is 18.3 Å². The molecule has 0 spiro atoms. The summed E-state index contributed by atoms with van der Waals surface area (Å²) >= 11 is 0. The van der Waals surface area contributed by atoms with Crippen molar-refractivity contribution >= 4 is 24.3 Å². The molecule has 1 aromatic carbocycles. The summed E-state index contributed by atoms with van der Waals surface area (Å²) in [5, 5.41) is 12.5. The van der Waals surface area contributed by atoms with E-state index in [1.807, 2.05) is 30.0 Å². The van der Waals surface area contributed by atoms with Crippen LogP contribution in [0.4, 0.5) is 0 Å². The zero-order valence-corrected chi connectivity index (χ0v) is 14.8. The number of hydrogen-bond acceptors (Lipinski definition) is 3. The van der Waals surface area contributed by atoms with Crippen LogP contribution in [0.25, 0.3) is 0 Å². The van der Waals surface area contributed by atoms with Gasteiger partial charge < -0.3 is 10.4 Å². The summed E-state index contributed by atoms with van der Waals surface area (Å²) < 4.78 is 0. The van der Waals surface area contributed by atoms with E-state index in [9.17, 15) is 14.7 Å². The van der Waals surface area contributed by atoms with Crippen molar-refractivity contribution in [2.45, 2.75) is 32.7 Å². The topological polar surface area (TPSA) is 69.6 Å². The van der Waals surface area contributed by atoms with E-state index < -0.39 is 11.4 Å². The molecule has 6 heteroatoms. The minimum absolute atomic E-state index is 0. The molecule has 1 saturated heterocycles. The van der Waals surface area contributed by atoms with Gasteiger partial charge in [0.2, 0.25) is 5.91 Å². The maximum atomic E-state index is 12.2. The molecule has 0 aromatic heterocycles. The van der Waals surface area contributed by atoms with Gasteiger partial charge in [0, 0.05) is 19.6 Å². The first-order valence-electron chi connectivity index (χ1n) is 8.27. The van der Waals surface area contributed by atoms with Gasteiger partial charge in [-0.2, -0.15) is 0 Å². The third-order valence-electron chi connectivity index (χ3n) is 5.31. The fourth-order valence-corrected chi connectivity index (χ4v) is 4.15. The summed E-state index contributed by atoms with van der Waals surface area (Å²) in [4.78, 5) is 25.8. The molecule has 2 aliphatic rings. The molecule has 0 unspecified atom stereocenters. The summed E-state index contributed by atoms with van der Waals surface area (Å²) in [7, 11) is 0. The monoisotopic (exact) mass is 352 g/mol. The lowest BCUT2D eigenvalue weighted by molar-refractivity contribution is -0.149. The van der Waals surface area contributed by atoms with Gasteiger partial charge in [0.15, 0.2) is 0 Å². The normalized spacial score (nSPS) is 25.8. The average molecular weight is 353 g/mol. The lowest BCUT2D eigenvalue weighted by atomic mass is 9.81. The second-order valence-corrected chi connectivity index (χ2v) is 6.99. The van der Waals surface area contributed by atoms with E-state index in [1.165, 1.54) is 5.56 Å². The SMILES string of the molecule is Cc1cccc(CNC(=O)CN2C[C@@H]3CCC[C@@]3(C(=O)O)C2)c1.Cl. The number of aryl methyl sites for hydroxylation is 1. The minimum atomic E-state index is -0.692. The molecule has 1 heterocycles. The molecule has 0 bridgehead atoms. The van der Waals surface area contributed by atoms with Gasteiger partial charge in [0.25, 0.3) is 0 Å². The third-order valence-corrected chi connectivity index (χ3v) is 5.31. The fourth-order valence-electron chi connectivity index (χ4n) is 4.15. The quantitative estimate of drug-likeness (QED) is 0.852. The zero-order chi connectivity index (χ0) is 16.4. The van der Waals surface area contributed by atoms with Gasteiger partial charge in [-0.15, -0.1) is 12.4 Å². The molecule has 1 aromatic rings. The van der Waals surface area contributed by atoms with Crippen LogP contribution >= 0.6 is 12.4 Å². The van der Waals surface area contributed by atoms with Gasteiger partial charge >= 0.3 is 5.97 Å². The molecule has 24 heavy (non-hydrogen) atoms. The maximum Gasteiger partial charge on any atom is 0.311 e. The van der Waals surface area contributed by atoms with Crippen LogP contribution in [0.3, 0.4) is 0 Å². The number of halogens is 1. The van der Waals surface area contributed by atoms with Crippen LogP contribution in [-0.2, 0) is 16.1 Å². The number of fused-ring (bicyclic) bond motifs is 1. The van der Waals surface area contributed by atoms with Crippen LogP contribution in [0.2, 0.25) is 0 Å². The summed E-state index contributed by atoms with van der Waals surface area (Å²) in [5.41, 5.74) is 1.64. The number of carbonyl (C=O) groups is 2. The van der Waals surface area contributed by atoms with Crippen LogP contribution in [0.1, 0.15) is 30.4 Å². The largest absolute Gasteiger partial charge is 0.481 e. The Morgan fingerprint density at radius 2 is 2.21 bits per heavy atom. The van der Waals surface area contributed by atoms with Crippen molar-refractivity contribution in [3.63, 3.8) is 0 Å². The second-order valence-electron chi connectivity index (χ2n) is 6.99. The summed E-state index contributed by atoms with van der Waals surface area (Å²) in [6.45, 7) is 4.06. The summed E-state index contributed by atoms with van der Waals surface area (Å²) in [6, 6.07) is 8.06. The van der Waals surface area contributed by atoms with Gasteiger partial charge in [-0.05, 0) is 31.2 Å². The highest BCUT2D eigenvalue weighted by Crippen LogP contribution is 2.48. The van der Waals surface area contributed by atoms with Crippen molar-refractivity contribution in [3.8, 4) is 0 Å². The van der Waals surface area contributed by atoms with Gasteiger partial charge in [-0.3, -0.25) is 14.5 Å². The molecular weight excluding hydrogens is 328 g/mol. The Kier molecular flexibility index (Phi) is 5.88. The second kappa shape index (κ2) is 7.53. The summed E-state index contributed by atoms with van der Waals surface area (Å²) in [6.07, 6.45) is 2.70.